The summed E-state index contributed by atoms with van der Waals surface area (Å²) in [5, 5.41) is 12.2. The van der Waals surface area contributed by atoms with Crippen LogP contribution in [0, 0.1) is 5.92 Å². The van der Waals surface area contributed by atoms with Crippen molar-refractivity contribution >= 4 is 35.1 Å². The third-order valence-electron chi connectivity index (χ3n) is 4.82. The summed E-state index contributed by atoms with van der Waals surface area (Å²) in [5.41, 5.74) is 7.69. The van der Waals surface area contributed by atoms with E-state index >= 15 is 0 Å². The van der Waals surface area contributed by atoms with Crippen LogP contribution in [0.4, 0.5) is 10.6 Å². The summed E-state index contributed by atoms with van der Waals surface area (Å²) in [7, 11) is 0. The van der Waals surface area contributed by atoms with Gasteiger partial charge in [-0.3, -0.25) is 9.20 Å². The molecule has 2 amide bonds. The Hall–Kier alpha value is -2.48. The Morgan fingerprint density at radius 2 is 2.12 bits per heavy atom. The number of amides is 2. The fourth-order valence-electron chi connectivity index (χ4n) is 3.18. The predicted molar refractivity (Wildman–Crippen MR) is 98.6 cm³/mol. The first-order valence-corrected chi connectivity index (χ1v) is 9.00. The Balaban J connectivity index is 1.71. The number of imidazole rings is 1. The van der Waals surface area contributed by atoms with Crippen LogP contribution in [0.1, 0.15) is 35.8 Å². The second-order valence-electron chi connectivity index (χ2n) is 6.49. The van der Waals surface area contributed by atoms with Gasteiger partial charge >= 0.3 is 6.09 Å². The molecule has 140 valence electrons. The molecule has 0 atom stereocenters. The van der Waals surface area contributed by atoms with Crippen LogP contribution in [0.2, 0.25) is 5.02 Å². The van der Waals surface area contributed by atoms with Gasteiger partial charge in [0.05, 0.1) is 16.3 Å². The summed E-state index contributed by atoms with van der Waals surface area (Å²) >= 11 is 6.17. The molecule has 1 aliphatic rings. The van der Waals surface area contributed by atoms with E-state index in [1.165, 1.54) is 4.90 Å². The highest BCUT2D eigenvalue weighted by Gasteiger charge is 2.23. The van der Waals surface area contributed by atoms with Gasteiger partial charge in [0.2, 0.25) is 0 Å². The number of fused-ring (bicyclic) bond motifs is 1. The van der Waals surface area contributed by atoms with Gasteiger partial charge in [-0.15, -0.1) is 0 Å². The number of likely N-dealkylation sites (tertiary alicyclic amines) is 1. The molecule has 8 nitrogen and oxygen atoms in total. The molecule has 0 saturated carbocycles. The second-order valence-corrected chi connectivity index (χ2v) is 6.90. The van der Waals surface area contributed by atoms with Crippen LogP contribution in [-0.4, -0.2) is 51.0 Å². The van der Waals surface area contributed by atoms with Crippen LogP contribution in [0.5, 0.6) is 0 Å². The first-order valence-electron chi connectivity index (χ1n) is 8.62. The Labute approximate surface area is 155 Å². The molecule has 0 aromatic carbocycles. The molecule has 2 aromatic rings. The number of carbonyl (C=O) groups excluding carboxylic acids is 1. The number of aromatic nitrogens is 2. The highest BCUT2D eigenvalue weighted by molar-refractivity contribution is 6.33. The number of aryl methyl sites for hydroxylation is 1. The highest BCUT2D eigenvalue weighted by Crippen LogP contribution is 2.25. The number of halogens is 1. The number of rotatable bonds is 4. The van der Waals surface area contributed by atoms with E-state index in [1.54, 1.807) is 16.7 Å². The van der Waals surface area contributed by atoms with Crippen LogP contribution >= 0.6 is 11.6 Å². The van der Waals surface area contributed by atoms with Crippen molar-refractivity contribution in [3.63, 3.8) is 0 Å². The molecular formula is C17H22ClN5O3. The number of carbonyl (C=O) groups is 2. The molecular weight excluding hydrogens is 358 g/mol. The van der Waals surface area contributed by atoms with Gasteiger partial charge in [0, 0.05) is 25.8 Å². The van der Waals surface area contributed by atoms with E-state index in [0.717, 1.165) is 25.0 Å². The lowest BCUT2D eigenvalue weighted by Gasteiger charge is -2.30. The lowest BCUT2D eigenvalue weighted by molar-refractivity contribution is 0.0930. The summed E-state index contributed by atoms with van der Waals surface area (Å²) in [5.74, 6) is 0.345. The first-order chi connectivity index (χ1) is 12.4. The van der Waals surface area contributed by atoms with Crippen molar-refractivity contribution in [3.8, 4) is 0 Å². The number of carboxylic acid groups (broad SMARTS) is 1. The zero-order valence-electron chi connectivity index (χ0n) is 14.5. The molecule has 4 N–H and O–H groups in total. The van der Waals surface area contributed by atoms with Crippen LogP contribution in [0.15, 0.2) is 12.3 Å². The summed E-state index contributed by atoms with van der Waals surface area (Å²) in [4.78, 5) is 29.5. The normalized spacial score (nSPS) is 15.4. The fraction of sp³-hybridized carbons (Fsp3) is 0.471. The quantitative estimate of drug-likeness (QED) is 0.754. The van der Waals surface area contributed by atoms with E-state index in [-0.39, 0.29) is 11.8 Å². The summed E-state index contributed by atoms with van der Waals surface area (Å²) < 4.78 is 1.64. The molecule has 0 bridgehead atoms. The van der Waals surface area contributed by atoms with Gasteiger partial charge in [-0.25, -0.2) is 9.78 Å². The van der Waals surface area contributed by atoms with Gasteiger partial charge in [0.15, 0.2) is 5.65 Å². The van der Waals surface area contributed by atoms with Gasteiger partial charge in [-0.2, -0.15) is 0 Å². The predicted octanol–water partition coefficient (Wildman–Crippen LogP) is 2.25. The third-order valence-corrected chi connectivity index (χ3v) is 5.12. The Morgan fingerprint density at radius 3 is 2.73 bits per heavy atom. The van der Waals surface area contributed by atoms with E-state index in [0.29, 0.717) is 41.7 Å². The van der Waals surface area contributed by atoms with E-state index in [4.69, 9.17) is 22.4 Å². The van der Waals surface area contributed by atoms with Crippen molar-refractivity contribution in [2.45, 2.75) is 26.2 Å². The van der Waals surface area contributed by atoms with Gasteiger partial charge in [0.1, 0.15) is 5.82 Å². The minimum atomic E-state index is -0.891. The van der Waals surface area contributed by atoms with Crippen molar-refractivity contribution in [1.82, 2.24) is 19.6 Å². The number of nitrogens with zero attached hydrogens (tertiary/aromatic N) is 3. The summed E-state index contributed by atoms with van der Waals surface area (Å²) in [6, 6.07) is 1.54. The average molecular weight is 380 g/mol. The zero-order chi connectivity index (χ0) is 18.8. The van der Waals surface area contributed by atoms with Gasteiger partial charge < -0.3 is 21.1 Å². The van der Waals surface area contributed by atoms with Crippen LogP contribution in [-0.2, 0) is 6.42 Å². The molecule has 0 unspecified atom stereocenters. The molecule has 1 aliphatic heterocycles. The van der Waals surface area contributed by atoms with Crippen molar-refractivity contribution in [2.24, 2.45) is 5.92 Å². The molecule has 3 rings (SSSR count). The molecule has 26 heavy (non-hydrogen) atoms. The minimum Gasteiger partial charge on any atom is -0.465 e. The van der Waals surface area contributed by atoms with Gasteiger partial charge in [-0.1, -0.05) is 18.5 Å². The molecule has 9 heteroatoms. The maximum atomic E-state index is 12.7. The van der Waals surface area contributed by atoms with Crippen molar-refractivity contribution < 1.29 is 14.7 Å². The largest absolute Gasteiger partial charge is 0.465 e. The number of nitrogen functional groups attached to an aromatic ring is 1. The fourth-order valence-corrected chi connectivity index (χ4v) is 3.38. The monoisotopic (exact) mass is 379 g/mol. The zero-order valence-corrected chi connectivity index (χ0v) is 15.3. The standard InChI is InChI=1S/C17H22ClN5O3/c1-2-11-9-23-14(19)13(18)7-12(15(23)21-11)16(24)20-8-10-3-5-22(6-4-10)17(25)26/h7,9-10H,2-6,8,19H2,1H3,(H,20,24)(H,25,26). The number of anilines is 1. The Morgan fingerprint density at radius 1 is 1.42 bits per heavy atom. The Bertz CT molecular complexity index is 843. The molecule has 0 radical (unpaired) electrons. The van der Waals surface area contributed by atoms with Gasteiger partial charge in [-0.05, 0) is 31.2 Å². The van der Waals surface area contributed by atoms with Crippen LogP contribution in [0.3, 0.4) is 0 Å². The number of piperidine rings is 1. The smallest absolute Gasteiger partial charge is 0.407 e. The van der Waals surface area contributed by atoms with Crippen LogP contribution in [0.25, 0.3) is 5.65 Å². The number of nitrogens with two attached hydrogens (primary N) is 1. The molecule has 0 spiro atoms. The average Bonchev–Trinajstić information content (AvgIpc) is 3.07. The van der Waals surface area contributed by atoms with Crippen molar-refractivity contribution in [2.75, 3.05) is 25.4 Å². The number of hydrogen-bond acceptors (Lipinski definition) is 4. The number of nitrogens with one attached hydrogen (secondary N) is 1. The molecule has 0 aliphatic carbocycles. The highest BCUT2D eigenvalue weighted by atomic mass is 35.5. The lowest BCUT2D eigenvalue weighted by Crippen LogP contribution is -2.41. The second kappa shape index (κ2) is 7.41. The minimum absolute atomic E-state index is 0.251. The SMILES string of the molecule is CCc1cn2c(N)c(Cl)cc(C(=O)NCC3CCN(C(=O)O)CC3)c2n1. The van der Waals surface area contributed by atoms with Crippen LogP contribution < -0.4 is 11.1 Å². The van der Waals surface area contributed by atoms with E-state index in [2.05, 4.69) is 10.3 Å². The summed E-state index contributed by atoms with van der Waals surface area (Å²) in [6.07, 6.45) is 3.08. The van der Waals surface area contributed by atoms with E-state index in [1.807, 2.05) is 6.92 Å². The molecule has 1 fully saturated rings. The maximum Gasteiger partial charge on any atom is 0.407 e. The first kappa shape index (κ1) is 18.3. The molecule has 1 saturated heterocycles. The number of hydrogen-bond donors (Lipinski definition) is 3. The summed E-state index contributed by atoms with van der Waals surface area (Å²) in [6.45, 7) is 3.45. The van der Waals surface area contributed by atoms with Gasteiger partial charge in [0.25, 0.3) is 5.91 Å². The van der Waals surface area contributed by atoms with E-state index < -0.39 is 6.09 Å². The van der Waals surface area contributed by atoms with Crippen molar-refractivity contribution in [3.05, 3.63) is 28.5 Å². The van der Waals surface area contributed by atoms with E-state index in [9.17, 15) is 9.59 Å². The van der Waals surface area contributed by atoms with Crippen molar-refractivity contribution in [1.29, 1.82) is 0 Å². The Kier molecular flexibility index (Phi) is 5.22. The number of pyridine rings is 1. The lowest BCUT2D eigenvalue weighted by atomic mass is 9.97. The molecule has 3 heterocycles. The molecule has 2 aromatic heterocycles. The maximum absolute atomic E-state index is 12.7. The third kappa shape index (κ3) is 3.55. The topological polar surface area (TPSA) is 113 Å².